The van der Waals surface area contributed by atoms with Crippen LogP contribution in [0.25, 0.3) is 0 Å². The second-order valence-electron chi connectivity index (χ2n) is 4.98. The van der Waals surface area contributed by atoms with Gasteiger partial charge in [-0.15, -0.1) is 0 Å². The molecule has 1 aromatic carbocycles. The van der Waals surface area contributed by atoms with Crippen molar-refractivity contribution in [2.45, 2.75) is 39.8 Å². The van der Waals surface area contributed by atoms with Gasteiger partial charge in [0.25, 0.3) is 0 Å². The summed E-state index contributed by atoms with van der Waals surface area (Å²) in [5.41, 5.74) is 6.40. The minimum absolute atomic E-state index is 0.552. The Kier molecular flexibility index (Phi) is 3.46. The van der Waals surface area contributed by atoms with Gasteiger partial charge in [0.05, 0.1) is 0 Å². The van der Waals surface area contributed by atoms with Crippen molar-refractivity contribution in [3.8, 4) is 0 Å². The molecule has 1 heteroatoms. The molecule has 1 aliphatic rings. The topological polar surface area (TPSA) is 0 Å². The summed E-state index contributed by atoms with van der Waals surface area (Å²) in [7, 11) is 0. The van der Waals surface area contributed by atoms with E-state index in [-0.39, 0.29) is 0 Å². The van der Waals surface area contributed by atoms with Gasteiger partial charge in [-0.2, -0.15) is 0 Å². The fourth-order valence-electron chi connectivity index (χ4n) is 2.20. The van der Waals surface area contributed by atoms with E-state index in [2.05, 4.69) is 32.0 Å². The third-order valence-electron chi connectivity index (χ3n) is 3.52. The zero-order chi connectivity index (χ0) is 12.4. The monoisotopic (exact) mass is 230 g/mol. The molecule has 0 aliphatic heterocycles. The van der Waals surface area contributed by atoms with Crippen LogP contribution in [0.1, 0.15) is 30.0 Å². The van der Waals surface area contributed by atoms with E-state index < -0.39 is 6.17 Å². The summed E-state index contributed by atoms with van der Waals surface area (Å²) in [6.07, 6.45) is 4.29. The van der Waals surface area contributed by atoms with Crippen molar-refractivity contribution in [3.63, 3.8) is 0 Å². The van der Waals surface area contributed by atoms with Crippen LogP contribution in [0.5, 0.6) is 0 Å². The lowest BCUT2D eigenvalue weighted by Gasteiger charge is -2.15. The van der Waals surface area contributed by atoms with Crippen molar-refractivity contribution < 1.29 is 4.39 Å². The number of benzene rings is 1. The Labute approximate surface area is 103 Å². The molecule has 0 aromatic heterocycles. The van der Waals surface area contributed by atoms with Crippen LogP contribution in [0.15, 0.2) is 41.5 Å². The lowest BCUT2D eigenvalue weighted by molar-refractivity contribution is 0.393. The molecule has 0 spiro atoms. The Bertz CT molecular complexity index is 480. The Morgan fingerprint density at radius 3 is 2.59 bits per heavy atom. The van der Waals surface area contributed by atoms with Gasteiger partial charge in [-0.3, -0.25) is 0 Å². The second kappa shape index (κ2) is 4.87. The van der Waals surface area contributed by atoms with Crippen molar-refractivity contribution in [1.82, 2.24) is 0 Å². The van der Waals surface area contributed by atoms with Gasteiger partial charge in [-0.1, -0.05) is 35.9 Å². The van der Waals surface area contributed by atoms with Gasteiger partial charge in [0.2, 0.25) is 0 Å². The van der Waals surface area contributed by atoms with Gasteiger partial charge >= 0.3 is 0 Å². The lowest BCUT2D eigenvalue weighted by atomic mass is 9.92. The zero-order valence-electron chi connectivity index (χ0n) is 10.8. The summed E-state index contributed by atoms with van der Waals surface area (Å²) in [6, 6.07) is 6.55. The largest absolute Gasteiger partial charge is 0.243 e. The van der Waals surface area contributed by atoms with E-state index in [4.69, 9.17) is 0 Å². The highest BCUT2D eigenvalue weighted by atomic mass is 19.1. The molecule has 1 atom stereocenters. The van der Waals surface area contributed by atoms with E-state index in [1.165, 1.54) is 27.8 Å². The van der Waals surface area contributed by atoms with Crippen molar-refractivity contribution in [2.75, 3.05) is 0 Å². The molecule has 17 heavy (non-hydrogen) atoms. The maximum Gasteiger partial charge on any atom is 0.122 e. The molecule has 1 aromatic rings. The highest BCUT2D eigenvalue weighted by molar-refractivity contribution is 5.38. The van der Waals surface area contributed by atoms with E-state index in [1.54, 1.807) is 6.08 Å². The highest BCUT2D eigenvalue weighted by Crippen LogP contribution is 2.24. The van der Waals surface area contributed by atoms with Gasteiger partial charge in [0, 0.05) is 6.42 Å². The molecule has 90 valence electrons. The average molecular weight is 230 g/mol. The van der Waals surface area contributed by atoms with Crippen LogP contribution >= 0.6 is 0 Å². The molecule has 0 heterocycles. The number of rotatable bonds is 2. The number of allylic oxidation sites excluding steroid dienone is 4. The first-order valence-corrected chi connectivity index (χ1v) is 6.13. The molecular formula is C16H19F. The predicted molar refractivity (Wildman–Crippen MR) is 71.0 cm³/mol. The summed E-state index contributed by atoms with van der Waals surface area (Å²) in [6.45, 7) is 6.29. The molecule has 0 radical (unpaired) electrons. The Balaban J connectivity index is 2.19. The molecule has 0 fully saturated rings. The van der Waals surface area contributed by atoms with Crippen LogP contribution in [0.4, 0.5) is 4.39 Å². The summed E-state index contributed by atoms with van der Waals surface area (Å²) in [5, 5.41) is 0. The van der Waals surface area contributed by atoms with E-state index >= 15 is 0 Å². The Hall–Kier alpha value is -1.37. The molecule has 0 nitrogen and oxygen atoms in total. The van der Waals surface area contributed by atoms with Crippen molar-refractivity contribution >= 4 is 0 Å². The van der Waals surface area contributed by atoms with Crippen LogP contribution in [0.2, 0.25) is 0 Å². The third kappa shape index (κ3) is 2.85. The molecule has 0 amide bonds. The van der Waals surface area contributed by atoms with E-state index in [9.17, 15) is 4.39 Å². The average Bonchev–Trinajstić information content (AvgIpc) is 2.27. The van der Waals surface area contributed by atoms with Crippen LogP contribution < -0.4 is 0 Å². The maximum atomic E-state index is 13.1. The number of hydrogen-bond donors (Lipinski definition) is 0. The molecule has 2 rings (SSSR count). The number of halogens is 1. The first-order valence-electron chi connectivity index (χ1n) is 6.13. The van der Waals surface area contributed by atoms with Crippen LogP contribution in [-0.4, -0.2) is 6.17 Å². The lowest BCUT2D eigenvalue weighted by Crippen LogP contribution is -2.05. The smallest absolute Gasteiger partial charge is 0.122 e. The molecule has 0 saturated carbocycles. The fourth-order valence-corrected chi connectivity index (χ4v) is 2.20. The normalized spacial score (nSPS) is 19.9. The summed E-state index contributed by atoms with van der Waals surface area (Å²) in [4.78, 5) is 0. The zero-order valence-corrected chi connectivity index (χ0v) is 10.8. The predicted octanol–water partition coefficient (Wildman–Crippen LogP) is 4.46. The van der Waals surface area contributed by atoms with E-state index in [1.807, 2.05) is 13.0 Å². The molecular weight excluding hydrogens is 211 g/mol. The van der Waals surface area contributed by atoms with Crippen LogP contribution in [0.3, 0.4) is 0 Å². The molecule has 1 aliphatic carbocycles. The quantitative estimate of drug-likeness (QED) is 0.703. The van der Waals surface area contributed by atoms with Gasteiger partial charge in [-0.25, -0.2) is 4.39 Å². The van der Waals surface area contributed by atoms with Crippen molar-refractivity contribution in [1.29, 1.82) is 0 Å². The van der Waals surface area contributed by atoms with Gasteiger partial charge in [-0.05, 0) is 49.5 Å². The Morgan fingerprint density at radius 1 is 1.18 bits per heavy atom. The van der Waals surface area contributed by atoms with Crippen LogP contribution in [0, 0.1) is 13.8 Å². The minimum Gasteiger partial charge on any atom is -0.243 e. The first-order chi connectivity index (χ1) is 8.06. The van der Waals surface area contributed by atoms with E-state index in [0.717, 1.165) is 6.42 Å². The minimum atomic E-state index is -0.793. The van der Waals surface area contributed by atoms with Gasteiger partial charge in [0.15, 0.2) is 0 Å². The third-order valence-corrected chi connectivity index (χ3v) is 3.52. The highest BCUT2D eigenvalue weighted by Gasteiger charge is 2.12. The SMILES string of the molecule is CC1=C(Cc2ccc(C)c(C)c2)C=CC(F)C1. The van der Waals surface area contributed by atoms with E-state index in [0.29, 0.717) is 6.42 Å². The fraction of sp³-hybridized carbons (Fsp3) is 0.375. The molecule has 0 N–H and O–H groups in total. The van der Waals surface area contributed by atoms with Crippen molar-refractivity contribution in [3.05, 3.63) is 58.2 Å². The standard InChI is InChI=1S/C16H19F/c1-11-4-5-14(8-12(11)2)10-15-6-7-16(17)9-13(15)3/h4-8,16H,9-10H2,1-3H3. The van der Waals surface area contributed by atoms with Gasteiger partial charge < -0.3 is 0 Å². The summed E-state index contributed by atoms with van der Waals surface area (Å²) >= 11 is 0. The Morgan fingerprint density at radius 2 is 1.94 bits per heavy atom. The van der Waals surface area contributed by atoms with Crippen molar-refractivity contribution in [2.24, 2.45) is 0 Å². The molecule has 0 bridgehead atoms. The summed E-state index contributed by atoms with van der Waals surface area (Å²) in [5.74, 6) is 0. The molecule has 1 unspecified atom stereocenters. The molecule has 0 saturated heterocycles. The second-order valence-corrected chi connectivity index (χ2v) is 4.98. The number of hydrogen-bond acceptors (Lipinski definition) is 0. The maximum absolute atomic E-state index is 13.1. The summed E-state index contributed by atoms with van der Waals surface area (Å²) < 4.78 is 13.1. The van der Waals surface area contributed by atoms with Crippen LogP contribution in [-0.2, 0) is 6.42 Å². The van der Waals surface area contributed by atoms with Gasteiger partial charge in [0.1, 0.15) is 6.17 Å². The number of alkyl halides is 1. The number of aryl methyl sites for hydroxylation is 2. The first kappa shape index (κ1) is 12.1.